The van der Waals surface area contributed by atoms with Crippen LogP contribution in [0, 0.1) is 6.92 Å². The van der Waals surface area contributed by atoms with E-state index in [0.29, 0.717) is 16.8 Å². The lowest BCUT2D eigenvalue weighted by Gasteiger charge is -2.30. The van der Waals surface area contributed by atoms with Crippen LogP contribution in [0.25, 0.3) is 21.6 Å². The Kier molecular flexibility index (Phi) is 3.50. The number of pyridine rings is 1. The van der Waals surface area contributed by atoms with Gasteiger partial charge in [-0.1, -0.05) is 18.3 Å². The summed E-state index contributed by atoms with van der Waals surface area (Å²) in [7, 11) is 0. The first-order valence-electron chi connectivity index (χ1n) is 7.83. The van der Waals surface area contributed by atoms with Gasteiger partial charge in [0.15, 0.2) is 21.6 Å². The maximum atomic E-state index is 13.0. The summed E-state index contributed by atoms with van der Waals surface area (Å²) in [5.74, 6) is 0. The quantitative estimate of drug-likeness (QED) is 0.734. The third-order valence-corrected chi connectivity index (χ3v) is 4.98. The fourth-order valence-corrected chi connectivity index (χ4v) is 3.77. The Morgan fingerprint density at radius 2 is 2.00 bits per heavy atom. The molecule has 4 rings (SSSR count). The number of nitrogens with zero attached hydrogens (tertiary/aromatic N) is 4. The molecule has 1 fully saturated rings. The van der Waals surface area contributed by atoms with Crippen molar-refractivity contribution in [2.45, 2.75) is 20.3 Å². The van der Waals surface area contributed by atoms with Crippen LogP contribution in [-0.4, -0.2) is 46.1 Å². The van der Waals surface area contributed by atoms with E-state index >= 15 is 0 Å². The molecule has 23 heavy (non-hydrogen) atoms. The average molecular weight is 330 g/mol. The van der Waals surface area contributed by atoms with Gasteiger partial charge in [0.05, 0.1) is 5.01 Å². The topological polar surface area (TPSA) is 86.8 Å². The van der Waals surface area contributed by atoms with Crippen LogP contribution in [0.2, 0.25) is 0 Å². The van der Waals surface area contributed by atoms with Crippen molar-refractivity contribution < 1.29 is 0 Å². The summed E-state index contributed by atoms with van der Waals surface area (Å²) in [5.41, 5.74) is 3.12. The predicted molar refractivity (Wildman–Crippen MR) is 92.5 cm³/mol. The highest BCUT2D eigenvalue weighted by atomic mass is 32.1. The fraction of sp³-hybridized carbons (Fsp3) is 0.467. The van der Waals surface area contributed by atoms with Gasteiger partial charge in [-0.15, -0.1) is 0 Å². The summed E-state index contributed by atoms with van der Waals surface area (Å²) in [6.45, 7) is 7.39. The number of hydrogen-bond acceptors (Lipinski definition) is 7. The second kappa shape index (κ2) is 5.54. The third kappa shape index (κ3) is 2.38. The standard InChI is InChI=1S/C15H18N6OS/c1-3-9-11(21-6-4-16-5-7-21)12(22)10-13(18-9)20-15-14(19-10)17-8(2)23-15/h16H,3-7H2,1-2H3,(H,18,20,22). The average Bonchev–Trinajstić information content (AvgIpc) is 2.92. The number of thiazole rings is 1. The molecular formula is C15H18N6OS. The van der Waals surface area contributed by atoms with Crippen LogP contribution in [0.1, 0.15) is 17.6 Å². The van der Waals surface area contributed by atoms with Crippen molar-refractivity contribution in [1.82, 2.24) is 25.3 Å². The number of aromatic nitrogens is 4. The maximum Gasteiger partial charge on any atom is 0.233 e. The summed E-state index contributed by atoms with van der Waals surface area (Å²) in [6, 6.07) is 0. The summed E-state index contributed by atoms with van der Waals surface area (Å²) in [5, 5.41) is 4.22. The normalized spacial score (nSPS) is 15.7. The Hall–Kier alpha value is -2.06. The Morgan fingerprint density at radius 3 is 2.74 bits per heavy atom. The van der Waals surface area contributed by atoms with E-state index in [1.807, 2.05) is 13.8 Å². The predicted octanol–water partition coefficient (Wildman–Crippen LogP) is 1.21. The number of fused-ring (bicyclic) bond motifs is 2. The summed E-state index contributed by atoms with van der Waals surface area (Å²) < 4.78 is 0. The first kappa shape index (κ1) is 14.5. The van der Waals surface area contributed by atoms with Crippen molar-refractivity contribution in [3.8, 4) is 0 Å². The van der Waals surface area contributed by atoms with E-state index in [1.165, 1.54) is 11.3 Å². The minimum atomic E-state index is -0.0439. The molecule has 1 aliphatic heterocycles. The van der Waals surface area contributed by atoms with Crippen LogP contribution in [0.15, 0.2) is 4.79 Å². The molecule has 0 aromatic carbocycles. The van der Waals surface area contributed by atoms with E-state index in [0.717, 1.165) is 53.8 Å². The number of nitrogens with one attached hydrogen (secondary N) is 2. The van der Waals surface area contributed by atoms with Gasteiger partial charge >= 0.3 is 0 Å². The number of rotatable bonds is 2. The molecule has 0 unspecified atom stereocenters. The van der Waals surface area contributed by atoms with Crippen LogP contribution < -0.4 is 15.6 Å². The molecule has 0 amide bonds. The maximum absolute atomic E-state index is 13.0. The summed E-state index contributed by atoms with van der Waals surface area (Å²) >= 11 is 1.49. The van der Waals surface area contributed by atoms with Gasteiger partial charge in [0.25, 0.3) is 0 Å². The Labute approximate surface area is 136 Å². The summed E-state index contributed by atoms with van der Waals surface area (Å²) in [6.07, 6.45) is 0.756. The summed E-state index contributed by atoms with van der Waals surface area (Å²) in [4.78, 5) is 32.7. The molecule has 7 nitrogen and oxygen atoms in total. The largest absolute Gasteiger partial charge is 0.364 e. The molecule has 0 spiro atoms. The highest BCUT2D eigenvalue weighted by Gasteiger charge is 2.21. The van der Waals surface area contributed by atoms with Gasteiger partial charge in [-0.25, -0.2) is 15.0 Å². The van der Waals surface area contributed by atoms with Crippen LogP contribution in [0.5, 0.6) is 0 Å². The first-order chi connectivity index (χ1) is 11.2. The molecule has 3 aromatic rings. The highest BCUT2D eigenvalue weighted by molar-refractivity contribution is 7.18. The number of H-pyrrole nitrogens is 1. The van der Waals surface area contributed by atoms with Crippen LogP contribution in [0.4, 0.5) is 5.69 Å². The fourth-order valence-electron chi connectivity index (χ4n) is 3.04. The molecule has 3 aromatic heterocycles. The second-order valence-corrected chi connectivity index (χ2v) is 6.84. The molecular weight excluding hydrogens is 312 g/mol. The van der Waals surface area contributed by atoms with Crippen molar-refractivity contribution >= 4 is 38.7 Å². The number of aryl methyl sites for hydroxylation is 2. The Balaban J connectivity index is 1.99. The number of aromatic amines is 1. The molecule has 8 heteroatoms. The number of piperazine rings is 1. The first-order valence-corrected chi connectivity index (χ1v) is 8.64. The second-order valence-electron chi connectivity index (χ2n) is 5.65. The molecule has 1 saturated heterocycles. The van der Waals surface area contributed by atoms with Gasteiger partial charge < -0.3 is 15.2 Å². The molecule has 0 atom stereocenters. The van der Waals surface area contributed by atoms with Crippen molar-refractivity contribution in [2.75, 3.05) is 31.1 Å². The van der Waals surface area contributed by atoms with Gasteiger partial charge in [-0.05, 0) is 13.3 Å². The van der Waals surface area contributed by atoms with Gasteiger partial charge in [0.1, 0.15) is 5.69 Å². The van der Waals surface area contributed by atoms with Gasteiger partial charge in [0.2, 0.25) is 5.43 Å². The van der Waals surface area contributed by atoms with E-state index in [-0.39, 0.29) is 5.43 Å². The lowest BCUT2D eigenvalue weighted by molar-refractivity contribution is 0.586. The molecule has 0 bridgehead atoms. The van der Waals surface area contributed by atoms with E-state index in [4.69, 9.17) is 0 Å². The Morgan fingerprint density at radius 1 is 1.22 bits per heavy atom. The van der Waals surface area contributed by atoms with Crippen LogP contribution in [-0.2, 0) is 6.42 Å². The minimum absolute atomic E-state index is 0.0439. The van der Waals surface area contributed by atoms with E-state index in [1.54, 1.807) is 0 Å². The smallest absolute Gasteiger partial charge is 0.233 e. The SMILES string of the molecule is CCc1[nH]c2nc3sc(C)nc3nc2c(=O)c1N1CCNCC1. The lowest BCUT2D eigenvalue weighted by Crippen LogP contribution is -2.45. The van der Waals surface area contributed by atoms with Gasteiger partial charge in [-0.2, -0.15) is 0 Å². The lowest BCUT2D eigenvalue weighted by atomic mass is 10.2. The van der Waals surface area contributed by atoms with E-state index < -0.39 is 0 Å². The number of hydrogen-bond donors (Lipinski definition) is 2. The van der Waals surface area contributed by atoms with Crippen LogP contribution in [0.3, 0.4) is 0 Å². The van der Waals surface area contributed by atoms with E-state index in [2.05, 4.69) is 30.2 Å². The molecule has 0 radical (unpaired) electrons. The van der Waals surface area contributed by atoms with Crippen molar-refractivity contribution in [3.63, 3.8) is 0 Å². The third-order valence-electron chi connectivity index (χ3n) is 4.13. The molecule has 0 aliphatic carbocycles. The zero-order valence-corrected chi connectivity index (χ0v) is 14.0. The molecule has 2 N–H and O–H groups in total. The highest BCUT2D eigenvalue weighted by Crippen LogP contribution is 2.22. The minimum Gasteiger partial charge on any atom is -0.364 e. The molecule has 120 valence electrons. The zero-order chi connectivity index (χ0) is 16.0. The van der Waals surface area contributed by atoms with Gasteiger partial charge in [-0.3, -0.25) is 4.79 Å². The van der Waals surface area contributed by atoms with Gasteiger partial charge in [0, 0.05) is 31.9 Å². The van der Waals surface area contributed by atoms with Crippen molar-refractivity contribution in [2.24, 2.45) is 0 Å². The van der Waals surface area contributed by atoms with Crippen LogP contribution >= 0.6 is 11.3 Å². The number of anilines is 1. The molecule has 1 aliphatic rings. The monoisotopic (exact) mass is 330 g/mol. The molecule has 4 heterocycles. The van der Waals surface area contributed by atoms with E-state index in [9.17, 15) is 4.79 Å². The zero-order valence-electron chi connectivity index (χ0n) is 13.1. The van der Waals surface area contributed by atoms with Crippen molar-refractivity contribution in [1.29, 1.82) is 0 Å². The molecule has 0 saturated carbocycles. The Bertz CT molecular complexity index is 940. The van der Waals surface area contributed by atoms with Crippen molar-refractivity contribution in [3.05, 3.63) is 20.9 Å².